The maximum Gasteiger partial charge on any atom is 0.0980 e. The number of hydrogen-bond donors (Lipinski definition) is 0. The Morgan fingerprint density at radius 2 is 2.00 bits per heavy atom. The molecule has 1 saturated heterocycles. The summed E-state index contributed by atoms with van der Waals surface area (Å²) in [6.07, 6.45) is 19.7. The van der Waals surface area contributed by atoms with Gasteiger partial charge < -0.3 is 9.64 Å². The second-order valence-electron chi connectivity index (χ2n) is 11.6. The second-order valence-corrected chi connectivity index (χ2v) is 11.6. The van der Waals surface area contributed by atoms with Gasteiger partial charge in [0.2, 0.25) is 0 Å². The van der Waals surface area contributed by atoms with Crippen LogP contribution in [0.5, 0.6) is 0 Å². The number of aromatic nitrogens is 1. The minimum atomic E-state index is -0.107. The van der Waals surface area contributed by atoms with Crippen molar-refractivity contribution in [3.8, 4) is 0 Å². The van der Waals surface area contributed by atoms with Gasteiger partial charge in [-0.15, -0.1) is 0 Å². The fourth-order valence-corrected chi connectivity index (χ4v) is 8.10. The third-order valence-corrected chi connectivity index (χ3v) is 9.93. The predicted octanol–water partition coefficient (Wildman–Crippen LogP) is 6.32. The molecule has 2 aliphatic heterocycles. The van der Waals surface area contributed by atoms with Crippen LogP contribution in [0.2, 0.25) is 0 Å². The molecule has 7 rings (SSSR count). The molecule has 0 radical (unpaired) electrons. The Morgan fingerprint density at radius 3 is 2.88 bits per heavy atom. The van der Waals surface area contributed by atoms with Gasteiger partial charge in [0.05, 0.1) is 11.2 Å². The number of pyridine rings is 1. The summed E-state index contributed by atoms with van der Waals surface area (Å²) < 4.78 is 7.39. The summed E-state index contributed by atoms with van der Waals surface area (Å²) in [7, 11) is 4.47. The molecule has 0 amide bonds. The number of rotatable bonds is 2. The maximum atomic E-state index is 7.39. The quantitative estimate of drug-likeness (QED) is 0.549. The third-order valence-electron chi connectivity index (χ3n) is 9.93. The fourth-order valence-electron chi connectivity index (χ4n) is 8.10. The Morgan fingerprint density at radius 1 is 1.09 bits per heavy atom. The predicted molar refractivity (Wildman–Crippen MR) is 134 cm³/mol. The van der Waals surface area contributed by atoms with Crippen LogP contribution < -0.4 is 0 Å². The number of benzene rings is 1. The van der Waals surface area contributed by atoms with Crippen LogP contribution in [0.1, 0.15) is 57.4 Å². The average Bonchev–Trinajstić information content (AvgIpc) is 3.33. The van der Waals surface area contributed by atoms with E-state index in [1.165, 1.54) is 53.2 Å². The molecule has 170 valence electrons. The number of fused-ring (bicyclic) bond motifs is 2. The number of hydrogen-bond acceptors (Lipinski definition) is 3. The molecule has 5 aliphatic rings. The maximum absolute atomic E-state index is 7.39. The van der Waals surface area contributed by atoms with E-state index in [1.807, 2.05) is 12.4 Å². The van der Waals surface area contributed by atoms with Crippen molar-refractivity contribution in [2.24, 2.45) is 11.3 Å². The third kappa shape index (κ3) is 2.61. The Bertz CT molecular complexity index is 1250. The zero-order valence-corrected chi connectivity index (χ0v) is 20.1. The molecular formula is C30H34N2O. The topological polar surface area (TPSA) is 25.4 Å². The summed E-state index contributed by atoms with van der Waals surface area (Å²) in [5.74, 6) is 0.519. The van der Waals surface area contributed by atoms with E-state index in [2.05, 4.69) is 73.4 Å². The molecule has 5 atom stereocenters. The molecule has 1 aromatic heterocycles. The van der Waals surface area contributed by atoms with Gasteiger partial charge in [0.15, 0.2) is 0 Å². The highest BCUT2D eigenvalue weighted by Gasteiger charge is 2.65. The van der Waals surface area contributed by atoms with Gasteiger partial charge in [-0.2, -0.15) is 0 Å². The molecule has 2 aromatic rings. The van der Waals surface area contributed by atoms with Gasteiger partial charge in [-0.05, 0) is 98.8 Å². The van der Waals surface area contributed by atoms with Crippen LogP contribution >= 0.6 is 0 Å². The summed E-state index contributed by atoms with van der Waals surface area (Å²) in [5, 5.41) is 2.49. The van der Waals surface area contributed by atoms with Gasteiger partial charge in [-0.25, -0.2) is 0 Å². The molecule has 3 heteroatoms. The van der Waals surface area contributed by atoms with E-state index in [0.29, 0.717) is 12.0 Å². The van der Waals surface area contributed by atoms with Crippen molar-refractivity contribution in [2.75, 3.05) is 14.1 Å². The molecule has 3 heterocycles. The molecule has 3 nitrogen and oxygen atoms in total. The lowest BCUT2D eigenvalue weighted by Gasteiger charge is -2.54. The normalized spacial score (nSPS) is 39.0. The molecule has 2 spiro atoms. The van der Waals surface area contributed by atoms with Gasteiger partial charge in [0, 0.05) is 35.2 Å². The van der Waals surface area contributed by atoms with Crippen LogP contribution in [0.4, 0.5) is 0 Å². The van der Waals surface area contributed by atoms with E-state index in [1.54, 1.807) is 5.57 Å². The Hall–Kier alpha value is -2.23. The van der Waals surface area contributed by atoms with Crippen molar-refractivity contribution in [3.05, 3.63) is 71.6 Å². The Kier molecular flexibility index (Phi) is 4.08. The lowest BCUT2D eigenvalue weighted by Crippen LogP contribution is -2.54. The van der Waals surface area contributed by atoms with E-state index in [4.69, 9.17) is 4.74 Å². The van der Waals surface area contributed by atoms with Crippen molar-refractivity contribution >= 4 is 16.3 Å². The number of allylic oxidation sites excluding steroid dienone is 3. The standard InChI is InChI=1S/C30H34N2O/c1-28-12-10-24-17-23-6-7-25(32(2)3)18-29(23)13-14-30(24,33-29)27(28)9-8-26(28)21-4-5-22-19-31-15-11-20(22)16-21/h4-5,8,10-11,15-17,19,25,27H,6-7,9,12-14,18H2,1-3H3/t25-,27-,28-,29?,30-/m1/s1. The highest BCUT2D eigenvalue weighted by atomic mass is 16.5. The summed E-state index contributed by atoms with van der Waals surface area (Å²) in [6.45, 7) is 2.51. The first-order chi connectivity index (χ1) is 15.9. The summed E-state index contributed by atoms with van der Waals surface area (Å²) in [4.78, 5) is 6.71. The Labute approximate surface area is 197 Å². The monoisotopic (exact) mass is 438 g/mol. The van der Waals surface area contributed by atoms with Crippen molar-refractivity contribution in [3.63, 3.8) is 0 Å². The van der Waals surface area contributed by atoms with E-state index in [-0.39, 0.29) is 16.6 Å². The first-order valence-corrected chi connectivity index (χ1v) is 12.8. The van der Waals surface area contributed by atoms with Gasteiger partial charge in [0.1, 0.15) is 0 Å². The fraction of sp³-hybridized carbons (Fsp3) is 0.500. The molecule has 2 bridgehead atoms. The zero-order chi connectivity index (χ0) is 22.4. The summed E-state index contributed by atoms with van der Waals surface area (Å²) >= 11 is 0. The lowest BCUT2D eigenvalue weighted by atomic mass is 9.58. The Balaban J connectivity index is 1.28. The van der Waals surface area contributed by atoms with Gasteiger partial charge in [-0.1, -0.05) is 37.3 Å². The average molecular weight is 439 g/mol. The van der Waals surface area contributed by atoms with Crippen LogP contribution in [-0.4, -0.2) is 41.2 Å². The molecule has 33 heavy (non-hydrogen) atoms. The van der Waals surface area contributed by atoms with Gasteiger partial charge in [-0.3, -0.25) is 4.98 Å². The molecular weight excluding hydrogens is 404 g/mol. The van der Waals surface area contributed by atoms with Crippen molar-refractivity contribution in [2.45, 2.75) is 69.1 Å². The number of nitrogens with zero attached hydrogens (tertiary/aromatic N) is 2. The van der Waals surface area contributed by atoms with E-state index < -0.39 is 0 Å². The minimum Gasteiger partial charge on any atom is -0.359 e. The highest BCUT2D eigenvalue weighted by molar-refractivity contribution is 5.87. The molecule has 1 unspecified atom stereocenters. The molecule has 2 fully saturated rings. The van der Waals surface area contributed by atoms with E-state index in [0.717, 1.165) is 19.3 Å². The SMILES string of the molecule is CN(C)[C@@H]1CCC2=CC3=CC[C@]4(C)C(c5ccc6cnccc6c5)=CC[C@H]4[C@@]34CCC2(C1)O4. The smallest absolute Gasteiger partial charge is 0.0980 e. The largest absolute Gasteiger partial charge is 0.359 e. The van der Waals surface area contributed by atoms with Crippen molar-refractivity contribution < 1.29 is 4.74 Å². The van der Waals surface area contributed by atoms with Crippen molar-refractivity contribution in [1.29, 1.82) is 0 Å². The van der Waals surface area contributed by atoms with Crippen LogP contribution in [-0.2, 0) is 4.74 Å². The summed E-state index contributed by atoms with van der Waals surface area (Å²) in [5.41, 5.74) is 5.96. The van der Waals surface area contributed by atoms with Gasteiger partial charge in [0.25, 0.3) is 0 Å². The van der Waals surface area contributed by atoms with E-state index in [9.17, 15) is 0 Å². The van der Waals surface area contributed by atoms with E-state index >= 15 is 0 Å². The van der Waals surface area contributed by atoms with Crippen LogP contribution in [0, 0.1) is 11.3 Å². The molecule has 1 aromatic carbocycles. The van der Waals surface area contributed by atoms with Gasteiger partial charge >= 0.3 is 0 Å². The van der Waals surface area contributed by atoms with Crippen LogP contribution in [0.15, 0.2) is 66.0 Å². The molecule has 0 N–H and O–H groups in total. The minimum absolute atomic E-state index is 0.0263. The summed E-state index contributed by atoms with van der Waals surface area (Å²) in [6, 6.07) is 9.66. The zero-order valence-electron chi connectivity index (χ0n) is 20.1. The molecule has 3 aliphatic carbocycles. The number of ether oxygens (including phenoxy) is 1. The first-order valence-electron chi connectivity index (χ1n) is 12.8. The first kappa shape index (κ1) is 20.2. The molecule has 1 saturated carbocycles. The lowest BCUT2D eigenvalue weighted by molar-refractivity contribution is -0.134. The highest BCUT2D eigenvalue weighted by Crippen LogP contribution is 2.67. The second kappa shape index (κ2) is 6.67. The van der Waals surface area contributed by atoms with Crippen molar-refractivity contribution in [1.82, 2.24) is 9.88 Å². The van der Waals surface area contributed by atoms with Crippen LogP contribution in [0.3, 0.4) is 0 Å². The van der Waals surface area contributed by atoms with Crippen LogP contribution in [0.25, 0.3) is 16.3 Å².